The van der Waals surface area contributed by atoms with Crippen molar-refractivity contribution < 1.29 is 4.39 Å². The normalized spacial score (nSPS) is 10.5. The molecule has 0 aliphatic rings. The number of aryl methyl sites for hydroxylation is 2. The third-order valence-electron chi connectivity index (χ3n) is 2.58. The van der Waals surface area contributed by atoms with Gasteiger partial charge in [-0.3, -0.25) is 0 Å². The summed E-state index contributed by atoms with van der Waals surface area (Å²) in [5.41, 5.74) is 2.75. The summed E-state index contributed by atoms with van der Waals surface area (Å²) in [5.74, 6) is 0.468. The van der Waals surface area contributed by atoms with Gasteiger partial charge in [-0.05, 0) is 75.0 Å². The standard InChI is InChI=1S/C13H11Br2FN2/c1-7-4-13(17-6-10(7)15)18-12-5-9(14)11(16)3-8(12)2/h3-6H,1-2H3,(H,17,18). The van der Waals surface area contributed by atoms with E-state index in [0.717, 1.165) is 27.1 Å². The number of anilines is 2. The third-order valence-corrected chi connectivity index (χ3v) is 4.01. The SMILES string of the molecule is Cc1cc(Nc2cc(Br)c(F)cc2C)ncc1Br. The number of hydrogen-bond donors (Lipinski definition) is 1. The highest BCUT2D eigenvalue weighted by molar-refractivity contribution is 9.10. The molecule has 1 N–H and O–H groups in total. The molecule has 0 saturated heterocycles. The number of halogens is 3. The Morgan fingerprint density at radius 3 is 2.44 bits per heavy atom. The van der Waals surface area contributed by atoms with Gasteiger partial charge >= 0.3 is 0 Å². The van der Waals surface area contributed by atoms with Crippen molar-refractivity contribution in [3.8, 4) is 0 Å². The number of nitrogens with zero attached hydrogens (tertiary/aromatic N) is 1. The Morgan fingerprint density at radius 1 is 1.06 bits per heavy atom. The molecule has 0 amide bonds. The molecule has 0 fully saturated rings. The highest BCUT2D eigenvalue weighted by Crippen LogP contribution is 2.27. The minimum atomic E-state index is -0.266. The summed E-state index contributed by atoms with van der Waals surface area (Å²) >= 11 is 6.58. The maximum absolute atomic E-state index is 13.3. The summed E-state index contributed by atoms with van der Waals surface area (Å²) in [7, 11) is 0. The lowest BCUT2D eigenvalue weighted by Crippen LogP contribution is -1.97. The molecule has 0 saturated carbocycles. The summed E-state index contributed by atoms with van der Waals surface area (Å²) in [6.07, 6.45) is 1.74. The van der Waals surface area contributed by atoms with Crippen molar-refractivity contribution in [2.75, 3.05) is 5.32 Å². The average molecular weight is 374 g/mol. The monoisotopic (exact) mass is 372 g/mol. The van der Waals surface area contributed by atoms with Gasteiger partial charge in [-0.2, -0.15) is 0 Å². The van der Waals surface area contributed by atoms with Gasteiger partial charge in [-0.15, -0.1) is 0 Å². The molecule has 18 heavy (non-hydrogen) atoms. The van der Waals surface area contributed by atoms with Gasteiger partial charge in [0.25, 0.3) is 0 Å². The fraction of sp³-hybridized carbons (Fsp3) is 0.154. The van der Waals surface area contributed by atoms with Crippen LogP contribution in [0.3, 0.4) is 0 Å². The molecule has 2 nitrogen and oxygen atoms in total. The van der Waals surface area contributed by atoms with E-state index in [-0.39, 0.29) is 5.82 Å². The Kier molecular flexibility index (Phi) is 4.02. The average Bonchev–Trinajstić information content (AvgIpc) is 2.31. The first kappa shape index (κ1) is 13.5. The van der Waals surface area contributed by atoms with Crippen molar-refractivity contribution in [1.29, 1.82) is 0 Å². The highest BCUT2D eigenvalue weighted by Gasteiger charge is 2.06. The van der Waals surface area contributed by atoms with Crippen molar-refractivity contribution in [2.45, 2.75) is 13.8 Å². The van der Waals surface area contributed by atoms with Crippen LogP contribution in [0.15, 0.2) is 33.3 Å². The van der Waals surface area contributed by atoms with Crippen LogP contribution in [-0.4, -0.2) is 4.98 Å². The van der Waals surface area contributed by atoms with E-state index in [1.165, 1.54) is 6.07 Å². The molecule has 0 spiro atoms. The molecule has 0 aliphatic heterocycles. The quantitative estimate of drug-likeness (QED) is 0.791. The van der Waals surface area contributed by atoms with E-state index in [4.69, 9.17) is 0 Å². The lowest BCUT2D eigenvalue weighted by Gasteiger charge is -2.11. The van der Waals surface area contributed by atoms with Gasteiger partial charge in [0.15, 0.2) is 0 Å². The zero-order valence-electron chi connectivity index (χ0n) is 9.89. The summed E-state index contributed by atoms with van der Waals surface area (Å²) in [4.78, 5) is 4.26. The second-order valence-corrected chi connectivity index (χ2v) is 5.73. The number of rotatable bonds is 2. The van der Waals surface area contributed by atoms with Crippen molar-refractivity contribution in [3.63, 3.8) is 0 Å². The molecule has 1 aromatic heterocycles. The lowest BCUT2D eigenvalue weighted by atomic mass is 10.2. The molecule has 1 heterocycles. The van der Waals surface area contributed by atoms with E-state index in [1.807, 2.05) is 19.9 Å². The van der Waals surface area contributed by atoms with Crippen molar-refractivity contribution in [2.24, 2.45) is 0 Å². The van der Waals surface area contributed by atoms with Crippen molar-refractivity contribution in [3.05, 3.63) is 50.3 Å². The Morgan fingerprint density at radius 2 is 1.78 bits per heavy atom. The first-order valence-corrected chi connectivity index (χ1v) is 6.91. The zero-order valence-corrected chi connectivity index (χ0v) is 13.1. The molecule has 0 aliphatic carbocycles. The van der Waals surface area contributed by atoms with E-state index in [2.05, 4.69) is 42.2 Å². The topological polar surface area (TPSA) is 24.9 Å². The minimum absolute atomic E-state index is 0.266. The largest absolute Gasteiger partial charge is 0.340 e. The van der Waals surface area contributed by atoms with E-state index >= 15 is 0 Å². The van der Waals surface area contributed by atoms with Crippen LogP contribution in [0.4, 0.5) is 15.9 Å². The second-order valence-electron chi connectivity index (χ2n) is 4.02. The van der Waals surface area contributed by atoms with E-state index in [0.29, 0.717) is 4.47 Å². The van der Waals surface area contributed by atoms with Gasteiger partial charge in [-0.1, -0.05) is 0 Å². The maximum Gasteiger partial charge on any atom is 0.137 e. The summed E-state index contributed by atoms with van der Waals surface area (Å²) < 4.78 is 14.7. The summed E-state index contributed by atoms with van der Waals surface area (Å²) in [6, 6.07) is 5.13. The Bertz CT molecular complexity index is 600. The molecular formula is C13H11Br2FN2. The van der Waals surface area contributed by atoms with Crippen LogP contribution >= 0.6 is 31.9 Å². The maximum atomic E-state index is 13.3. The molecule has 0 bridgehead atoms. The van der Waals surface area contributed by atoms with Crippen LogP contribution in [0.1, 0.15) is 11.1 Å². The molecule has 0 unspecified atom stereocenters. The van der Waals surface area contributed by atoms with Crippen LogP contribution in [0, 0.1) is 19.7 Å². The van der Waals surface area contributed by atoms with E-state index in [1.54, 1.807) is 12.3 Å². The fourth-order valence-corrected chi connectivity index (χ4v) is 2.09. The number of benzene rings is 1. The molecule has 1 aromatic carbocycles. The third kappa shape index (κ3) is 2.90. The van der Waals surface area contributed by atoms with Gasteiger partial charge in [0.2, 0.25) is 0 Å². The zero-order chi connectivity index (χ0) is 13.3. The lowest BCUT2D eigenvalue weighted by molar-refractivity contribution is 0.620. The molecule has 94 valence electrons. The number of hydrogen-bond acceptors (Lipinski definition) is 2. The Labute approximate surface area is 122 Å². The van der Waals surface area contributed by atoms with Crippen LogP contribution in [0.25, 0.3) is 0 Å². The molecule has 5 heteroatoms. The van der Waals surface area contributed by atoms with Gasteiger partial charge in [0, 0.05) is 16.4 Å². The van der Waals surface area contributed by atoms with Gasteiger partial charge < -0.3 is 5.32 Å². The van der Waals surface area contributed by atoms with E-state index < -0.39 is 0 Å². The molecular weight excluding hydrogens is 363 g/mol. The smallest absolute Gasteiger partial charge is 0.137 e. The molecule has 2 aromatic rings. The second kappa shape index (κ2) is 5.36. The van der Waals surface area contributed by atoms with Crippen molar-refractivity contribution in [1.82, 2.24) is 4.98 Å². The van der Waals surface area contributed by atoms with Gasteiger partial charge in [0.1, 0.15) is 11.6 Å². The van der Waals surface area contributed by atoms with Crippen LogP contribution in [0.2, 0.25) is 0 Å². The van der Waals surface area contributed by atoms with Crippen molar-refractivity contribution >= 4 is 43.4 Å². The first-order valence-electron chi connectivity index (χ1n) is 5.32. The first-order chi connectivity index (χ1) is 8.47. The van der Waals surface area contributed by atoms with Crippen LogP contribution in [-0.2, 0) is 0 Å². The van der Waals surface area contributed by atoms with Gasteiger partial charge in [-0.25, -0.2) is 9.37 Å². The predicted molar refractivity (Wildman–Crippen MR) is 78.8 cm³/mol. The highest BCUT2D eigenvalue weighted by atomic mass is 79.9. The molecule has 0 atom stereocenters. The Hall–Kier alpha value is -0.940. The summed E-state index contributed by atoms with van der Waals surface area (Å²) in [6.45, 7) is 3.84. The number of nitrogens with one attached hydrogen (secondary N) is 1. The summed E-state index contributed by atoms with van der Waals surface area (Å²) in [5, 5.41) is 3.18. The Balaban J connectivity index is 2.34. The van der Waals surface area contributed by atoms with E-state index in [9.17, 15) is 4.39 Å². The number of pyridine rings is 1. The fourth-order valence-electron chi connectivity index (χ4n) is 1.53. The van der Waals surface area contributed by atoms with Crippen LogP contribution in [0.5, 0.6) is 0 Å². The predicted octanol–water partition coefficient (Wildman–Crippen LogP) is 5.11. The minimum Gasteiger partial charge on any atom is -0.340 e. The van der Waals surface area contributed by atoms with Gasteiger partial charge in [0.05, 0.1) is 4.47 Å². The van der Waals surface area contributed by atoms with Crippen LogP contribution < -0.4 is 5.32 Å². The molecule has 2 rings (SSSR count). The number of aromatic nitrogens is 1. The molecule has 0 radical (unpaired) electrons.